The molecule has 2 aliphatic rings. The Kier molecular flexibility index (Phi) is 6.63. The standard InChI is InChI=1S/C18H25N3O2.ClH/c1-13(22)20-17-6-4-15(5-7-17)18(23)21-10-8-16(9-11-21)19-12-14-2-3-14;/h4-7,14,16,19H,2-3,8-12H2,1H3,(H,20,22);1H. The second-order valence-corrected chi connectivity index (χ2v) is 6.68. The summed E-state index contributed by atoms with van der Waals surface area (Å²) in [4.78, 5) is 25.5. The molecule has 1 saturated carbocycles. The van der Waals surface area contributed by atoms with Crippen molar-refractivity contribution in [1.29, 1.82) is 0 Å². The lowest BCUT2D eigenvalue weighted by Gasteiger charge is -2.32. The Morgan fingerprint density at radius 1 is 1.08 bits per heavy atom. The van der Waals surface area contributed by atoms with Crippen LogP contribution in [0.2, 0.25) is 0 Å². The molecule has 1 saturated heterocycles. The molecule has 1 aromatic carbocycles. The highest BCUT2D eigenvalue weighted by Gasteiger charge is 2.26. The zero-order valence-corrected chi connectivity index (χ0v) is 14.9. The third-order valence-electron chi connectivity index (χ3n) is 4.63. The normalized spacial score (nSPS) is 18.0. The first-order chi connectivity index (χ1) is 11.1. The summed E-state index contributed by atoms with van der Waals surface area (Å²) in [6, 6.07) is 7.68. The molecule has 1 aliphatic carbocycles. The van der Waals surface area contributed by atoms with Gasteiger partial charge in [-0.3, -0.25) is 9.59 Å². The molecule has 0 radical (unpaired) electrons. The van der Waals surface area contributed by atoms with Crippen molar-refractivity contribution in [3.05, 3.63) is 29.8 Å². The minimum atomic E-state index is -0.107. The van der Waals surface area contributed by atoms with Crippen LogP contribution in [-0.4, -0.2) is 42.4 Å². The molecule has 1 heterocycles. The molecule has 132 valence electrons. The lowest BCUT2D eigenvalue weighted by atomic mass is 10.0. The van der Waals surface area contributed by atoms with Crippen LogP contribution in [0, 0.1) is 5.92 Å². The highest BCUT2D eigenvalue weighted by atomic mass is 35.5. The van der Waals surface area contributed by atoms with Crippen molar-refractivity contribution in [1.82, 2.24) is 10.2 Å². The second kappa shape index (κ2) is 8.49. The fourth-order valence-electron chi connectivity index (χ4n) is 3.02. The molecule has 0 bridgehead atoms. The Labute approximate surface area is 149 Å². The summed E-state index contributed by atoms with van der Waals surface area (Å²) in [6.45, 7) is 4.24. The second-order valence-electron chi connectivity index (χ2n) is 6.68. The van der Waals surface area contributed by atoms with Crippen molar-refractivity contribution in [2.75, 3.05) is 25.0 Å². The smallest absolute Gasteiger partial charge is 0.253 e. The SMILES string of the molecule is CC(=O)Nc1ccc(C(=O)N2CCC(NCC3CC3)CC2)cc1.Cl. The number of halogens is 1. The predicted octanol–water partition coefficient (Wildman–Crippen LogP) is 2.67. The molecule has 1 aromatic rings. The van der Waals surface area contributed by atoms with Gasteiger partial charge in [-0.1, -0.05) is 0 Å². The number of carbonyl (C=O) groups excluding carboxylic acids is 2. The van der Waals surface area contributed by atoms with Gasteiger partial charge >= 0.3 is 0 Å². The Hall–Kier alpha value is -1.59. The van der Waals surface area contributed by atoms with Gasteiger partial charge < -0.3 is 15.5 Å². The van der Waals surface area contributed by atoms with E-state index in [2.05, 4.69) is 10.6 Å². The Morgan fingerprint density at radius 2 is 1.71 bits per heavy atom. The predicted molar refractivity (Wildman–Crippen MR) is 97.6 cm³/mol. The number of hydrogen-bond acceptors (Lipinski definition) is 3. The number of amides is 2. The van der Waals surface area contributed by atoms with Crippen molar-refractivity contribution in [2.45, 2.75) is 38.6 Å². The van der Waals surface area contributed by atoms with E-state index in [0.29, 0.717) is 11.6 Å². The zero-order valence-electron chi connectivity index (χ0n) is 14.1. The molecule has 0 atom stereocenters. The zero-order chi connectivity index (χ0) is 16.2. The first-order valence-electron chi connectivity index (χ1n) is 8.52. The summed E-state index contributed by atoms with van der Waals surface area (Å²) in [7, 11) is 0. The van der Waals surface area contributed by atoms with Crippen LogP contribution in [0.4, 0.5) is 5.69 Å². The number of nitrogens with one attached hydrogen (secondary N) is 2. The van der Waals surface area contributed by atoms with E-state index in [0.717, 1.165) is 44.1 Å². The maximum absolute atomic E-state index is 12.5. The largest absolute Gasteiger partial charge is 0.339 e. The molecular formula is C18H26ClN3O2. The van der Waals surface area contributed by atoms with Crippen molar-refractivity contribution in [3.63, 3.8) is 0 Å². The minimum Gasteiger partial charge on any atom is -0.339 e. The van der Waals surface area contributed by atoms with Crippen LogP contribution in [0.3, 0.4) is 0 Å². The average Bonchev–Trinajstić information content (AvgIpc) is 3.37. The molecule has 2 N–H and O–H groups in total. The highest BCUT2D eigenvalue weighted by Crippen LogP contribution is 2.28. The van der Waals surface area contributed by atoms with Crippen LogP contribution in [0.5, 0.6) is 0 Å². The minimum absolute atomic E-state index is 0. The van der Waals surface area contributed by atoms with E-state index >= 15 is 0 Å². The maximum atomic E-state index is 12.5. The number of likely N-dealkylation sites (tertiary alicyclic amines) is 1. The van der Waals surface area contributed by atoms with Crippen LogP contribution in [0.25, 0.3) is 0 Å². The third kappa shape index (κ3) is 5.21. The third-order valence-corrected chi connectivity index (χ3v) is 4.63. The van der Waals surface area contributed by atoms with Crippen molar-refractivity contribution in [3.8, 4) is 0 Å². The molecular weight excluding hydrogens is 326 g/mol. The fraction of sp³-hybridized carbons (Fsp3) is 0.556. The number of rotatable bonds is 5. The van der Waals surface area contributed by atoms with Crippen LogP contribution in [0.15, 0.2) is 24.3 Å². The Balaban J connectivity index is 0.00000208. The highest BCUT2D eigenvalue weighted by molar-refractivity contribution is 5.95. The number of carbonyl (C=O) groups is 2. The van der Waals surface area contributed by atoms with E-state index in [-0.39, 0.29) is 24.2 Å². The molecule has 5 nitrogen and oxygen atoms in total. The number of piperidine rings is 1. The van der Waals surface area contributed by atoms with Gasteiger partial charge in [0.1, 0.15) is 0 Å². The Bertz CT molecular complexity index is 564. The van der Waals surface area contributed by atoms with Gasteiger partial charge in [0.15, 0.2) is 0 Å². The van der Waals surface area contributed by atoms with Gasteiger partial charge in [-0.15, -0.1) is 12.4 Å². The first-order valence-corrected chi connectivity index (χ1v) is 8.52. The van der Waals surface area contributed by atoms with Gasteiger partial charge in [0.25, 0.3) is 5.91 Å². The van der Waals surface area contributed by atoms with Crippen LogP contribution in [-0.2, 0) is 4.79 Å². The van der Waals surface area contributed by atoms with E-state index in [4.69, 9.17) is 0 Å². The Morgan fingerprint density at radius 3 is 2.25 bits per heavy atom. The molecule has 2 fully saturated rings. The summed E-state index contributed by atoms with van der Waals surface area (Å²) in [5, 5.41) is 6.34. The molecule has 0 spiro atoms. The van der Waals surface area contributed by atoms with E-state index in [1.807, 2.05) is 4.90 Å². The fourth-order valence-corrected chi connectivity index (χ4v) is 3.02. The topological polar surface area (TPSA) is 61.4 Å². The average molecular weight is 352 g/mol. The van der Waals surface area contributed by atoms with Crippen molar-refractivity contribution < 1.29 is 9.59 Å². The summed E-state index contributed by atoms with van der Waals surface area (Å²) in [5.74, 6) is 0.877. The lowest BCUT2D eigenvalue weighted by Crippen LogP contribution is -2.45. The van der Waals surface area contributed by atoms with Gasteiger partial charge in [0.05, 0.1) is 0 Å². The van der Waals surface area contributed by atoms with Crippen LogP contribution in [0.1, 0.15) is 43.0 Å². The quantitative estimate of drug-likeness (QED) is 0.857. The molecule has 1 aliphatic heterocycles. The molecule has 24 heavy (non-hydrogen) atoms. The van der Waals surface area contributed by atoms with Crippen molar-refractivity contribution >= 4 is 29.9 Å². The van der Waals surface area contributed by atoms with E-state index < -0.39 is 0 Å². The van der Waals surface area contributed by atoms with E-state index in [9.17, 15) is 9.59 Å². The molecule has 2 amide bonds. The van der Waals surface area contributed by atoms with Gasteiger partial charge in [-0.05, 0) is 62.4 Å². The number of hydrogen-bond donors (Lipinski definition) is 2. The van der Waals surface area contributed by atoms with E-state index in [1.54, 1.807) is 24.3 Å². The van der Waals surface area contributed by atoms with Crippen LogP contribution < -0.4 is 10.6 Å². The summed E-state index contributed by atoms with van der Waals surface area (Å²) >= 11 is 0. The molecule has 6 heteroatoms. The molecule has 3 rings (SSSR count). The number of nitrogens with zero attached hydrogens (tertiary/aromatic N) is 1. The first kappa shape index (κ1) is 18.7. The monoisotopic (exact) mass is 351 g/mol. The van der Waals surface area contributed by atoms with Gasteiger partial charge in [-0.2, -0.15) is 0 Å². The summed E-state index contributed by atoms with van der Waals surface area (Å²) in [6.07, 6.45) is 4.81. The lowest BCUT2D eigenvalue weighted by molar-refractivity contribution is -0.114. The van der Waals surface area contributed by atoms with Gasteiger partial charge in [0.2, 0.25) is 5.91 Å². The van der Waals surface area contributed by atoms with Gasteiger partial charge in [-0.25, -0.2) is 0 Å². The summed E-state index contributed by atoms with van der Waals surface area (Å²) in [5.41, 5.74) is 1.40. The summed E-state index contributed by atoms with van der Waals surface area (Å²) < 4.78 is 0. The number of benzene rings is 1. The van der Waals surface area contributed by atoms with Crippen molar-refractivity contribution in [2.24, 2.45) is 5.92 Å². The maximum Gasteiger partial charge on any atom is 0.253 e. The van der Waals surface area contributed by atoms with Crippen LogP contribution >= 0.6 is 12.4 Å². The number of anilines is 1. The molecule has 0 aromatic heterocycles. The van der Waals surface area contributed by atoms with Gasteiger partial charge in [0, 0.05) is 37.3 Å². The van der Waals surface area contributed by atoms with E-state index in [1.165, 1.54) is 19.8 Å². The molecule has 0 unspecified atom stereocenters.